The van der Waals surface area contributed by atoms with Crippen LogP contribution in [0.15, 0.2) is 275 Å². The Hall–Kier alpha value is -14.7. The van der Waals surface area contributed by atoms with Crippen molar-refractivity contribution < 1.29 is 23.6 Å². The van der Waals surface area contributed by atoms with Crippen LogP contribution in [-0.4, -0.2) is 103 Å². The number of nitrogens with zero attached hydrogens (tertiary/aromatic N) is 20. The molecule has 0 unspecified atom stereocenters. The summed E-state index contributed by atoms with van der Waals surface area (Å²) in [4.78, 5) is 95.4. The lowest BCUT2D eigenvalue weighted by Gasteiger charge is -2.18. The summed E-state index contributed by atoms with van der Waals surface area (Å²) in [6.45, 7) is 10.0. The molecule has 2 aliphatic carbocycles. The molecule has 4 aliphatic heterocycles. The third-order valence-electron chi connectivity index (χ3n) is 23.4. The first-order valence-corrected chi connectivity index (χ1v) is 43.2. The lowest BCUT2D eigenvalue weighted by molar-refractivity contribution is -0.118. The molecule has 22 rings (SSSR count). The second kappa shape index (κ2) is 39.5. The molecule has 2 saturated carbocycles. The van der Waals surface area contributed by atoms with Gasteiger partial charge < -0.3 is 0 Å². The van der Waals surface area contributed by atoms with Crippen LogP contribution in [0.25, 0.3) is 68.3 Å². The zero-order valence-electron chi connectivity index (χ0n) is 70.0. The highest BCUT2D eigenvalue weighted by atomic mass is 35.5. The van der Waals surface area contributed by atoms with Gasteiger partial charge >= 0.3 is 0 Å². The fourth-order valence-electron chi connectivity index (χ4n) is 16.6. The summed E-state index contributed by atoms with van der Waals surface area (Å²) in [7, 11) is 0. The quantitative estimate of drug-likeness (QED) is 0.0687. The van der Waals surface area contributed by atoms with E-state index in [2.05, 4.69) is 83.4 Å². The molecule has 24 nitrogen and oxygen atoms in total. The Labute approximate surface area is 771 Å². The lowest BCUT2D eigenvalue weighted by Crippen LogP contribution is -2.26. The molecular formula is C104H101Cl2FN20O4. The van der Waals surface area contributed by atoms with Gasteiger partial charge in [0.25, 0.3) is 0 Å². The summed E-state index contributed by atoms with van der Waals surface area (Å²) in [6.07, 6.45) is 27.6. The number of hydrogen-bond donors (Lipinski definition) is 0. The lowest BCUT2D eigenvalue weighted by atomic mass is 9.96. The molecule has 12 heterocycles. The first kappa shape index (κ1) is 91.1. The third kappa shape index (κ3) is 19.5. The van der Waals surface area contributed by atoms with E-state index in [0.717, 1.165) is 101 Å². The fourth-order valence-corrected chi connectivity index (χ4v) is 17.2. The Kier molecular flexibility index (Phi) is 27.5. The van der Waals surface area contributed by atoms with E-state index in [1.54, 1.807) is 78.4 Å². The van der Waals surface area contributed by atoms with Crippen molar-refractivity contribution in [3.8, 4) is 68.3 Å². The van der Waals surface area contributed by atoms with Crippen molar-refractivity contribution in [1.29, 1.82) is 0 Å². The van der Waals surface area contributed by atoms with Gasteiger partial charge in [-0.3, -0.25) is 38.8 Å². The summed E-state index contributed by atoms with van der Waals surface area (Å²) in [5.74, 6) is 6.09. The van der Waals surface area contributed by atoms with Gasteiger partial charge in [0.1, 0.15) is 29.1 Å². The minimum absolute atomic E-state index is 0. The summed E-state index contributed by atoms with van der Waals surface area (Å²) in [6, 6.07) is 64.7. The first-order valence-electron chi connectivity index (χ1n) is 42.4. The average Bonchev–Trinajstić information content (AvgIpc) is 1.69. The van der Waals surface area contributed by atoms with Crippen LogP contribution in [0.5, 0.6) is 0 Å². The van der Waals surface area contributed by atoms with Gasteiger partial charge in [0, 0.05) is 123 Å². The molecule has 4 amide bonds. The Bertz CT molecular complexity index is 6620. The number of amides is 4. The van der Waals surface area contributed by atoms with Gasteiger partial charge in [-0.05, 0) is 191 Å². The van der Waals surface area contributed by atoms with Crippen molar-refractivity contribution in [2.45, 2.75) is 159 Å². The molecule has 8 aromatic carbocycles. The Morgan fingerprint density at radius 3 is 1.05 bits per heavy atom. The summed E-state index contributed by atoms with van der Waals surface area (Å²) < 4.78 is 22.0. The van der Waals surface area contributed by atoms with Crippen LogP contribution in [0.1, 0.15) is 174 Å². The number of benzene rings is 8. The van der Waals surface area contributed by atoms with Crippen molar-refractivity contribution in [3.63, 3.8) is 0 Å². The molecule has 0 bridgehead atoms. The van der Waals surface area contributed by atoms with E-state index in [-0.39, 0.29) is 77.4 Å². The number of halogens is 3. The van der Waals surface area contributed by atoms with Crippen molar-refractivity contribution in [1.82, 2.24) is 79.0 Å². The molecule has 0 N–H and O–H groups in total. The number of carbonyl (C=O) groups excluding carboxylic acids is 4. The summed E-state index contributed by atoms with van der Waals surface area (Å²) in [5, 5.41) is 18.4. The van der Waals surface area contributed by atoms with E-state index < -0.39 is 0 Å². The molecule has 662 valence electrons. The maximum absolute atomic E-state index is 14.8. The molecular weight excluding hydrogens is 1680 g/mol. The summed E-state index contributed by atoms with van der Waals surface area (Å²) in [5.41, 5.74) is 19.1. The van der Waals surface area contributed by atoms with Crippen LogP contribution >= 0.6 is 23.2 Å². The van der Waals surface area contributed by atoms with E-state index in [1.807, 2.05) is 218 Å². The maximum atomic E-state index is 14.8. The number of fused-ring (bicyclic) bond motifs is 4. The highest BCUT2D eigenvalue weighted by molar-refractivity contribution is 6.32. The van der Waals surface area contributed by atoms with E-state index in [0.29, 0.717) is 114 Å². The molecule has 6 aliphatic rings. The SMILES string of the molecule is C.C.C.C.CC(C)c1c(Cl)cccc1-c1ncc2c(n1)N(Cc1ccc(-n3cccn3)cc1)C(=O)C2.CC(C)c1cccc(F)c1-c1ncc2c(n1)N(Cc1ccc(-n3cccn3)cc1)C(=O)C2.O=C1Cc2cnc(-c3cc(Cl)ccc3C3CC3)nc2N1Cc1ccc(-n2cccn2)cc1.O=C1Cc2cnc(-c3ccccc3C3CC3)nc2N1Cc1ccc(-n2cccn2)cc1. The van der Waals surface area contributed by atoms with Gasteiger partial charge in [0.15, 0.2) is 23.3 Å². The van der Waals surface area contributed by atoms with Crippen molar-refractivity contribution in [2.24, 2.45) is 0 Å². The van der Waals surface area contributed by atoms with E-state index in [1.165, 1.54) is 42.9 Å². The molecule has 0 spiro atoms. The van der Waals surface area contributed by atoms with Gasteiger partial charge in [0.2, 0.25) is 23.6 Å². The molecule has 27 heteroatoms. The number of hydrogen-bond acceptors (Lipinski definition) is 16. The normalized spacial score (nSPS) is 13.8. The third-order valence-corrected chi connectivity index (χ3v) is 24.0. The Morgan fingerprint density at radius 1 is 0.359 bits per heavy atom. The topological polar surface area (TPSA) is 256 Å². The van der Waals surface area contributed by atoms with Crippen LogP contribution in [0.4, 0.5) is 27.7 Å². The number of aromatic nitrogens is 16. The second-order valence-corrected chi connectivity index (χ2v) is 33.7. The van der Waals surface area contributed by atoms with Gasteiger partial charge in [-0.2, -0.15) is 20.4 Å². The van der Waals surface area contributed by atoms with E-state index in [4.69, 9.17) is 38.2 Å². The zero-order chi connectivity index (χ0) is 86.9. The Morgan fingerprint density at radius 2 is 0.695 bits per heavy atom. The largest absolute Gasteiger partial charge is 0.292 e. The Balaban J connectivity index is 0.000000132. The molecule has 131 heavy (non-hydrogen) atoms. The maximum Gasteiger partial charge on any atom is 0.233 e. The zero-order valence-corrected chi connectivity index (χ0v) is 71.5. The van der Waals surface area contributed by atoms with Gasteiger partial charge in [-0.15, -0.1) is 0 Å². The predicted molar refractivity (Wildman–Crippen MR) is 513 cm³/mol. The van der Waals surface area contributed by atoms with Crippen LogP contribution in [-0.2, 0) is 71.0 Å². The summed E-state index contributed by atoms with van der Waals surface area (Å²) >= 11 is 12.8. The average molecular weight is 1780 g/mol. The number of carbonyl (C=O) groups is 4. The van der Waals surface area contributed by atoms with Crippen LogP contribution in [0.3, 0.4) is 0 Å². The van der Waals surface area contributed by atoms with Gasteiger partial charge in [-0.1, -0.05) is 184 Å². The van der Waals surface area contributed by atoms with Gasteiger partial charge in [0.05, 0.1) is 80.2 Å². The van der Waals surface area contributed by atoms with Crippen LogP contribution in [0.2, 0.25) is 10.0 Å². The predicted octanol–water partition coefficient (Wildman–Crippen LogP) is 21.7. The first-order chi connectivity index (χ1) is 61.9. The molecule has 16 aromatic rings. The number of rotatable bonds is 20. The fraction of sp³-hybridized carbons (Fsp3) is 0.231. The van der Waals surface area contributed by atoms with E-state index in [9.17, 15) is 23.6 Å². The van der Waals surface area contributed by atoms with Crippen molar-refractivity contribution >= 4 is 70.1 Å². The minimum atomic E-state index is -0.360. The van der Waals surface area contributed by atoms with Gasteiger partial charge in [-0.25, -0.2) is 63.0 Å². The smallest absolute Gasteiger partial charge is 0.233 e. The molecule has 2 fully saturated rings. The van der Waals surface area contributed by atoms with Crippen LogP contribution in [0, 0.1) is 5.82 Å². The van der Waals surface area contributed by atoms with E-state index >= 15 is 0 Å². The minimum Gasteiger partial charge on any atom is -0.292 e. The standard InChI is InChI=1S/C25H20ClN5O.C25H22ClN5O.C25H22FN5O.C25H21N5O.4CH4/c26-19-6-9-21(17-4-5-17)22(13-19)24-27-14-18-12-23(32)30(25(18)29-24)15-16-2-7-20(8-3-16)31-11-1-10-28-31;1-16(2)23-20(5-3-6-21(23)26)24-27-14-18-13-22(32)30(25(18)29-24)15-17-7-9-19(10-8-17)31-12-4-11-28-31;1-16(2)20-5-3-6-21(26)23(20)24-27-14-18-13-22(32)30(25(18)29-24)15-17-7-9-19(10-8-17)31-12-4-11-28-31;31-23-14-19-15-26-24(22-5-2-1-4-21(22)18-8-9-18)28-25(19)29(23)16-17-6-10-20(11-7-17)30-13-3-12-27-30;;;;/h1-3,6-11,13-14,17H,4-5,12,15H2;2*3-12,14,16H,13,15H2,1-2H3;1-7,10-13,15,18H,8-9,14,16H2;4*1H4. The molecule has 0 atom stereocenters. The number of anilines is 4. The monoisotopic (exact) mass is 1780 g/mol. The highest BCUT2D eigenvalue weighted by Gasteiger charge is 2.37. The molecule has 0 radical (unpaired) electrons. The molecule has 8 aromatic heterocycles. The van der Waals surface area contributed by atoms with Crippen LogP contribution < -0.4 is 19.6 Å². The highest BCUT2D eigenvalue weighted by Crippen LogP contribution is 2.47. The molecule has 0 saturated heterocycles. The second-order valence-electron chi connectivity index (χ2n) is 32.8. The van der Waals surface area contributed by atoms with Crippen molar-refractivity contribution in [3.05, 3.63) is 357 Å². The van der Waals surface area contributed by atoms with Crippen molar-refractivity contribution in [2.75, 3.05) is 19.6 Å².